The van der Waals surface area contributed by atoms with Crippen LogP contribution in [-0.4, -0.2) is 169 Å². The van der Waals surface area contributed by atoms with E-state index >= 15 is 0 Å². The second-order valence-electron chi connectivity index (χ2n) is 22.3. The number of fused-ring (bicyclic) bond motifs is 2. The Hall–Kier alpha value is -7.02. The number of carbonyl (C=O) groups is 10. The van der Waals surface area contributed by atoms with Crippen molar-refractivity contribution in [3.8, 4) is 0 Å². The Morgan fingerprint density at radius 1 is 0.390 bits per heavy atom. The van der Waals surface area contributed by atoms with Gasteiger partial charge in [0.1, 0.15) is 60.4 Å². The van der Waals surface area contributed by atoms with Gasteiger partial charge in [0.2, 0.25) is 59.1 Å². The van der Waals surface area contributed by atoms with Crippen molar-refractivity contribution in [1.82, 2.24) is 52.3 Å². The van der Waals surface area contributed by atoms with Crippen molar-refractivity contribution in [3.05, 3.63) is 71.8 Å². The van der Waals surface area contributed by atoms with Crippen LogP contribution in [0.15, 0.2) is 60.7 Å². The maximum atomic E-state index is 14.9. The summed E-state index contributed by atoms with van der Waals surface area (Å²) in [5.41, 5.74) is 25.0. The molecule has 24 nitrogen and oxygen atoms in total. The first-order valence-electron chi connectivity index (χ1n) is 29.2. The third-order valence-electron chi connectivity index (χ3n) is 15.3. The quantitative estimate of drug-likeness (QED) is 0.0819. The summed E-state index contributed by atoms with van der Waals surface area (Å²) in [6.07, 6.45) is 2.69. The highest BCUT2D eigenvalue weighted by Crippen LogP contribution is 2.23. The van der Waals surface area contributed by atoms with Crippen LogP contribution in [0.25, 0.3) is 0 Å². The van der Waals surface area contributed by atoms with Crippen molar-refractivity contribution in [3.63, 3.8) is 0 Å². The molecule has 5 rings (SSSR count). The normalized spacial score (nSPS) is 26.4. The van der Waals surface area contributed by atoms with Gasteiger partial charge in [0.25, 0.3) is 0 Å². The van der Waals surface area contributed by atoms with E-state index in [1.165, 1.54) is 9.80 Å². The van der Waals surface area contributed by atoms with Gasteiger partial charge in [0.15, 0.2) is 0 Å². The molecule has 24 heteroatoms. The molecule has 3 fully saturated rings. The number of carbonyl (C=O) groups excluding carboxylic acids is 10. The molecule has 0 radical (unpaired) electrons. The number of rotatable bonds is 18. The lowest BCUT2D eigenvalue weighted by molar-refractivity contribution is -0.143. The van der Waals surface area contributed by atoms with Crippen LogP contribution < -0.4 is 65.5 Å². The molecule has 10 amide bonds. The zero-order chi connectivity index (χ0) is 59.9. The fraction of sp³-hybridized carbons (Fsp3) is 0.621. The van der Waals surface area contributed by atoms with Crippen LogP contribution in [0.3, 0.4) is 0 Å². The van der Waals surface area contributed by atoms with E-state index in [0.717, 1.165) is 0 Å². The molecule has 16 N–H and O–H groups in total. The van der Waals surface area contributed by atoms with E-state index in [9.17, 15) is 47.9 Å². The minimum Gasteiger partial charge on any atom is -0.343 e. The first-order valence-corrected chi connectivity index (χ1v) is 29.2. The summed E-state index contributed by atoms with van der Waals surface area (Å²) in [6.45, 7) is 7.72. The molecule has 3 aliphatic heterocycles. The third-order valence-corrected chi connectivity index (χ3v) is 15.3. The first kappa shape index (κ1) is 65.8. The second kappa shape index (κ2) is 33.2. The van der Waals surface area contributed by atoms with E-state index in [1.54, 1.807) is 88.4 Å². The molecule has 0 bridgehead atoms. The first-order chi connectivity index (χ1) is 39.3. The molecule has 0 spiro atoms. The summed E-state index contributed by atoms with van der Waals surface area (Å²) in [7, 11) is 0. The van der Waals surface area contributed by atoms with Crippen LogP contribution in [0.2, 0.25) is 0 Å². The Kier molecular flexibility index (Phi) is 26.6. The number of nitrogens with one attached hydrogen (secondary N) is 8. The Morgan fingerprint density at radius 3 is 0.963 bits per heavy atom. The number of benzene rings is 2. The summed E-state index contributed by atoms with van der Waals surface area (Å²) in [5.74, 6) is -7.84. The average Bonchev–Trinajstić information content (AvgIpc) is 4.21. The molecule has 2 aromatic carbocycles. The molecule has 452 valence electrons. The van der Waals surface area contributed by atoms with Crippen molar-refractivity contribution in [2.45, 2.75) is 178 Å². The third kappa shape index (κ3) is 19.0. The van der Waals surface area contributed by atoms with Crippen LogP contribution in [0.1, 0.15) is 116 Å². The zero-order valence-electron chi connectivity index (χ0n) is 48.1. The van der Waals surface area contributed by atoms with Crippen molar-refractivity contribution >= 4 is 59.1 Å². The summed E-state index contributed by atoms with van der Waals surface area (Å²) >= 11 is 0. The highest BCUT2D eigenvalue weighted by Gasteiger charge is 2.43. The molecule has 0 aromatic heterocycles. The summed E-state index contributed by atoms with van der Waals surface area (Å²) in [5, 5.41) is 22.5. The van der Waals surface area contributed by atoms with Crippen molar-refractivity contribution in [2.75, 3.05) is 39.3 Å². The van der Waals surface area contributed by atoms with Gasteiger partial charge in [-0.2, -0.15) is 0 Å². The van der Waals surface area contributed by atoms with Crippen LogP contribution in [0.5, 0.6) is 0 Å². The van der Waals surface area contributed by atoms with Crippen molar-refractivity contribution in [1.29, 1.82) is 0 Å². The van der Waals surface area contributed by atoms with Gasteiger partial charge in [-0.15, -0.1) is 0 Å². The Labute approximate surface area is 481 Å². The predicted molar refractivity (Wildman–Crippen MR) is 308 cm³/mol. The SMILES string of the molecule is CC(C)[C@@H]1NC(=O)[C@H](CCCN)NC(=O)[C@@H]2CCCN2C(=O)[C@@H](Cc2ccccc2)NC(=O)[C@H](CCCN)NC(=O)[C@H](C(C)C)NC(=O)[C@H](CCCN)NC(=O)[C@@H]2CCCN2C(=O)[C@@H](Cc2ccccc2)NC(=O)[C@H](CCCN)NC1=O. The molecule has 10 atom stereocenters. The molecule has 0 saturated carbocycles. The van der Waals surface area contributed by atoms with Gasteiger partial charge in [-0.1, -0.05) is 88.4 Å². The topological polar surface area (TPSA) is 377 Å². The highest BCUT2D eigenvalue weighted by atomic mass is 16.2. The van der Waals surface area contributed by atoms with Crippen LogP contribution in [0, 0.1) is 11.8 Å². The molecule has 0 unspecified atom stereocenters. The summed E-state index contributed by atoms with van der Waals surface area (Å²) < 4.78 is 0. The lowest BCUT2D eigenvalue weighted by atomic mass is 9.99. The fourth-order valence-electron chi connectivity index (χ4n) is 10.7. The van der Waals surface area contributed by atoms with Crippen molar-refractivity contribution < 1.29 is 47.9 Å². The number of hydrogen-bond acceptors (Lipinski definition) is 14. The number of nitrogens with zero attached hydrogens (tertiary/aromatic N) is 2. The zero-order valence-corrected chi connectivity index (χ0v) is 48.1. The Morgan fingerprint density at radius 2 is 0.671 bits per heavy atom. The smallest absolute Gasteiger partial charge is 0.246 e. The van der Waals surface area contributed by atoms with Crippen LogP contribution >= 0.6 is 0 Å². The van der Waals surface area contributed by atoms with Gasteiger partial charge < -0.3 is 75.3 Å². The maximum Gasteiger partial charge on any atom is 0.246 e. The average molecular weight is 1140 g/mol. The van der Waals surface area contributed by atoms with Crippen molar-refractivity contribution in [2.24, 2.45) is 34.8 Å². The van der Waals surface area contributed by atoms with Gasteiger partial charge in [-0.05, 0) is 126 Å². The van der Waals surface area contributed by atoms with Gasteiger partial charge in [-0.25, -0.2) is 0 Å². The molecule has 3 saturated heterocycles. The lowest BCUT2D eigenvalue weighted by Crippen LogP contribution is -2.62. The minimum absolute atomic E-state index is 0.00433. The van der Waals surface area contributed by atoms with Gasteiger partial charge in [0.05, 0.1) is 0 Å². The Bertz CT molecular complexity index is 2300. The number of nitrogens with two attached hydrogens (primary N) is 4. The molecule has 82 heavy (non-hydrogen) atoms. The van der Waals surface area contributed by atoms with E-state index in [1.807, 2.05) is 0 Å². The van der Waals surface area contributed by atoms with Crippen LogP contribution in [-0.2, 0) is 60.8 Å². The fourth-order valence-corrected chi connectivity index (χ4v) is 10.7. The van der Waals surface area contributed by atoms with E-state index in [0.29, 0.717) is 36.8 Å². The van der Waals surface area contributed by atoms with E-state index < -0.39 is 131 Å². The molecule has 3 heterocycles. The highest BCUT2D eigenvalue weighted by molar-refractivity contribution is 6.00. The van der Waals surface area contributed by atoms with Gasteiger partial charge in [0, 0.05) is 25.9 Å². The molecular formula is C58H90N14O10. The maximum absolute atomic E-state index is 14.9. The summed E-state index contributed by atoms with van der Waals surface area (Å²) in [4.78, 5) is 148. The molecule has 3 aliphatic rings. The van der Waals surface area contributed by atoms with E-state index in [2.05, 4.69) is 42.5 Å². The van der Waals surface area contributed by atoms with E-state index in [-0.39, 0.29) is 103 Å². The standard InChI is InChI=1S/C58H90N14O10/c1-35(2)47-55(79)65-39(21-11-27-59)49(73)67-43(33-37-17-7-5-8-18-37)57(81)72-32-16-26-46(72)54(78)64-42(24-14-30-62)52(76)70-48(36(3)4)56(80)66-40(22-12-28-60)50(74)68-44(34-38-19-9-6-10-20-38)58(82)71-31-15-25-45(71)53(77)63-41(23-13-29-61)51(75)69-47/h5-10,17-20,35-36,39-48H,11-16,21-34,59-62H2,1-4H3,(H,63,77)(H,64,78)(H,65,79)(H,66,80)(H,67,73)(H,68,74)(H,69,75)(H,70,76)/t39-,40-,41-,42-,43+,44+,45-,46-,47-,48-/m0/s1. The lowest BCUT2D eigenvalue weighted by Gasteiger charge is -2.32. The van der Waals surface area contributed by atoms with Gasteiger partial charge in [-0.3, -0.25) is 47.9 Å². The largest absolute Gasteiger partial charge is 0.343 e. The molecule has 0 aliphatic carbocycles. The predicted octanol–water partition coefficient (Wildman–Crippen LogP) is -1.39. The molecular weight excluding hydrogens is 1050 g/mol. The molecule has 2 aromatic rings. The monoisotopic (exact) mass is 1140 g/mol. The number of hydrogen-bond donors (Lipinski definition) is 12. The van der Waals surface area contributed by atoms with E-state index in [4.69, 9.17) is 22.9 Å². The minimum atomic E-state index is -1.25. The van der Waals surface area contributed by atoms with Crippen LogP contribution in [0.4, 0.5) is 0 Å². The van der Waals surface area contributed by atoms with Gasteiger partial charge >= 0.3 is 0 Å². The Balaban J connectivity index is 1.58. The summed E-state index contributed by atoms with van der Waals surface area (Å²) in [6, 6.07) is 5.84. The second-order valence-corrected chi connectivity index (χ2v) is 22.3. The number of amides is 10.